The molecule has 0 aromatic heterocycles. The van der Waals surface area contributed by atoms with E-state index in [1.807, 2.05) is 29.7 Å². The van der Waals surface area contributed by atoms with Crippen molar-refractivity contribution in [2.45, 2.75) is 12.5 Å². The molecule has 0 amide bonds. The molecule has 1 atom stereocenters. The molecule has 1 aliphatic rings. The number of hydrogen-bond donors (Lipinski definition) is 4. The maximum atomic E-state index is 8.93. The Balaban J connectivity index is 2.33. The second-order valence-electron chi connectivity index (χ2n) is 3.49. The predicted molar refractivity (Wildman–Crippen MR) is 58.7 cm³/mol. The number of rotatable bonds is 2. The van der Waals surface area contributed by atoms with Gasteiger partial charge in [0.2, 0.25) is 0 Å². The zero-order valence-electron chi connectivity index (χ0n) is 8.46. The fraction of sp³-hybridized carbons (Fsp3) is 0.200. The minimum atomic E-state index is -0.221. The summed E-state index contributed by atoms with van der Waals surface area (Å²) in [5, 5.41) is 20.4. The molecule has 84 valence electrons. The van der Waals surface area contributed by atoms with E-state index in [9.17, 15) is 0 Å². The molecule has 0 spiro atoms. The molecule has 0 bridgehead atoms. The molecule has 1 aromatic carbocycles. The first-order valence-electron chi connectivity index (χ1n) is 4.80. The molecule has 0 saturated carbocycles. The van der Waals surface area contributed by atoms with Crippen LogP contribution in [-0.4, -0.2) is 22.1 Å². The molecule has 6 nitrogen and oxygen atoms in total. The Morgan fingerprint density at radius 1 is 1.50 bits per heavy atom. The molecule has 0 radical (unpaired) electrons. The zero-order valence-corrected chi connectivity index (χ0v) is 8.46. The normalized spacial score (nSPS) is 19.2. The highest BCUT2D eigenvalue weighted by molar-refractivity contribution is 6.02. The minimum Gasteiger partial charge on any atom is -0.409 e. The number of nitrogens with zero attached hydrogens (tertiary/aromatic N) is 2. The maximum Gasteiger partial charge on any atom is 0.153 e. The minimum absolute atomic E-state index is 0.114. The molecule has 5 N–H and O–H groups in total. The topological polar surface area (TPSA) is 103 Å². The number of nitrogens with one attached hydrogen (secondary N) is 1. The highest BCUT2D eigenvalue weighted by atomic mass is 16.5. The van der Waals surface area contributed by atoms with Gasteiger partial charge in [-0.2, -0.15) is 0 Å². The van der Waals surface area contributed by atoms with E-state index in [4.69, 9.17) is 16.1 Å². The summed E-state index contributed by atoms with van der Waals surface area (Å²) >= 11 is 0. The molecule has 0 saturated heterocycles. The summed E-state index contributed by atoms with van der Waals surface area (Å²) in [4.78, 5) is 4.25. The van der Waals surface area contributed by atoms with E-state index in [0.717, 1.165) is 11.1 Å². The Labute approximate surface area is 92.1 Å². The van der Waals surface area contributed by atoms with Crippen molar-refractivity contribution in [3.8, 4) is 0 Å². The first kappa shape index (κ1) is 10.4. The zero-order chi connectivity index (χ0) is 11.5. The molecule has 0 aliphatic carbocycles. The lowest BCUT2D eigenvalue weighted by Gasteiger charge is -2.07. The van der Waals surface area contributed by atoms with Crippen molar-refractivity contribution in [3.63, 3.8) is 0 Å². The Bertz CT molecular complexity index is 456. The second kappa shape index (κ2) is 4.19. The average Bonchev–Trinajstić information content (AvgIpc) is 2.68. The summed E-state index contributed by atoms with van der Waals surface area (Å²) in [6, 6.07) is 7.27. The number of hydrogen-bond acceptors (Lipinski definition) is 5. The van der Waals surface area contributed by atoms with Crippen LogP contribution in [0.3, 0.4) is 0 Å². The molecule has 1 heterocycles. The standard InChI is InChI=1S/C10H12N4O2/c11-9(13-15)5-8-6-3-1-2-4-7(6)10(12-8)14-16/h1-4,8,15-16H,5H2,(H2,11,13)(H,12,14). The van der Waals surface area contributed by atoms with Gasteiger partial charge in [0.1, 0.15) is 5.84 Å². The van der Waals surface area contributed by atoms with E-state index in [1.54, 1.807) is 0 Å². The molecule has 1 unspecified atom stereocenters. The van der Waals surface area contributed by atoms with E-state index in [2.05, 4.69) is 10.1 Å². The quantitative estimate of drug-likeness (QED) is 0.253. The van der Waals surface area contributed by atoms with Crippen LogP contribution in [0.2, 0.25) is 0 Å². The molecule has 16 heavy (non-hydrogen) atoms. The fourth-order valence-electron chi connectivity index (χ4n) is 1.78. The van der Waals surface area contributed by atoms with Crippen molar-refractivity contribution in [2.75, 3.05) is 0 Å². The van der Waals surface area contributed by atoms with Crippen LogP contribution >= 0.6 is 0 Å². The van der Waals surface area contributed by atoms with Gasteiger partial charge in [0, 0.05) is 12.0 Å². The smallest absolute Gasteiger partial charge is 0.153 e. The van der Waals surface area contributed by atoms with E-state index in [0.29, 0.717) is 12.3 Å². The second-order valence-corrected chi connectivity index (χ2v) is 3.49. The monoisotopic (exact) mass is 220 g/mol. The van der Waals surface area contributed by atoms with Gasteiger partial charge in [-0.05, 0) is 5.56 Å². The van der Waals surface area contributed by atoms with E-state index in [1.165, 1.54) is 0 Å². The van der Waals surface area contributed by atoms with Crippen molar-refractivity contribution >= 4 is 11.7 Å². The van der Waals surface area contributed by atoms with Gasteiger partial charge >= 0.3 is 0 Å². The highest BCUT2D eigenvalue weighted by Crippen LogP contribution is 2.30. The summed E-state index contributed by atoms with van der Waals surface area (Å²) in [5.41, 5.74) is 9.28. The predicted octanol–water partition coefficient (Wildman–Crippen LogP) is 0.603. The third-order valence-corrected chi connectivity index (χ3v) is 2.50. The Hall–Kier alpha value is -2.08. The lowest BCUT2D eigenvalue weighted by Crippen LogP contribution is -2.18. The van der Waals surface area contributed by atoms with Gasteiger partial charge in [0.05, 0.1) is 6.04 Å². The van der Waals surface area contributed by atoms with Gasteiger partial charge in [0.25, 0.3) is 0 Å². The molecule has 0 fully saturated rings. The first-order valence-corrected chi connectivity index (χ1v) is 4.80. The number of hydroxylamine groups is 1. The Morgan fingerprint density at radius 2 is 2.25 bits per heavy atom. The van der Waals surface area contributed by atoms with Crippen LogP contribution in [0.1, 0.15) is 23.6 Å². The van der Waals surface area contributed by atoms with E-state index >= 15 is 0 Å². The first-order chi connectivity index (χ1) is 7.76. The number of oxime groups is 1. The van der Waals surface area contributed by atoms with Gasteiger partial charge in [-0.1, -0.05) is 29.4 Å². The number of nitrogens with two attached hydrogens (primary N) is 1. The highest BCUT2D eigenvalue weighted by Gasteiger charge is 2.25. The number of fused-ring (bicyclic) bond motifs is 1. The summed E-state index contributed by atoms with van der Waals surface area (Å²) in [5.74, 6) is 0.522. The third-order valence-electron chi connectivity index (χ3n) is 2.50. The SMILES string of the molecule is N/C(CC1N=C(NO)c2ccccc21)=N\O. The van der Waals surface area contributed by atoms with Crippen LogP contribution in [0.25, 0.3) is 0 Å². The van der Waals surface area contributed by atoms with Crippen LogP contribution in [0.5, 0.6) is 0 Å². The van der Waals surface area contributed by atoms with Crippen molar-refractivity contribution in [3.05, 3.63) is 35.4 Å². The summed E-state index contributed by atoms with van der Waals surface area (Å²) in [6.07, 6.45) is 0.318. The van der Waals surface area contributed by atoms with E-state index in [-0.39, 0.29) is 11.9 Å². The van der Waals surface area contributed by atoms with Crippen molar-refractivity contribution in [2.24, 2.45) is 15.9 Å². The average molecular weight is 220 g/mol. The van der Waals surface area contributed by atoms with Crippen LogP contribution < -0.4 is 11.2 Å². The van der Waals surface area contributed by atoms with Crippen LogP contribution in [0.15, 0.2) is 34.4 Å². The number of amidine groups is 2. The van der Waals surface area contributed by atoms with Gasteiger partial charge in [-0.25, -0.2) is 0 Å². The van der Waals surface area contributed by atoms with Crippen LogP contribution in [-0.2, 0) is 0 Å². The van der Waals surface area contributed by atoms with Crippen molar-refractivity contribution in [1.82, 2.24) is 5.48 Å². The Morgan fingerprint density at radius 3 is 2.94 bits per heavy atom. The summed E-state index contributed by atoms with van der Waals surface area (Å²) in [7, 11) is 0. The molecule has 6 heteroatoms. The molecule has 1 aliphatic heterocycles. The molecule has 1 aromatic rings. The Kier molecular flexibility index (Phi) is 2.74. The van der Waals surface area contributed by atoms with Gasteiger partial charge in [0.15, 0.2) is 5.84 Å². The van der Waals surface area contributed by atoms with Gasteiger partial charge in [-0.3, -0.25) is 15.7 Å². The molecule has 2 rings (SSSR count). The maximum absolute atomic E-state index is 8.93. The molecular weight excluding hydrogens is 208 g/mol. The van der Waals surface area contributed by atoms with Gasteiger partial charge in [-0.15, -0.1) is 0 Å². The molecular formula is C10H12N4O2. The summed E-state index contributed by atoms with van der Waals surface area (Å²) in [6.45, 7) is 0. The fourth-order valence-corrected chi connectivity index (χ4v) is 1.78. The van der Waals surface area contributed by atoms with E-state index < -0.39 is 0 Å². The van der Waals surface area contributed by atoms with Crippen LogP contribution in [0, 0.1) is 0 Å². The largest absolute Gasteiger partial charge is 0.409 e. The van der Waals surface area contributed by atoms with Crippen molar-refractivity contribution < 1.29 is 10.4 Å². The van der Waals surface area contributed by atoms with Crippen LogP contribution in [0.4, 0.5) is 0 Å². The lowest BCUT2D eigenvalue weighted by molar-refractivity contribution is 0.235. The summed E-state index contributed by atoms with van der Waals surface area (Å²) < 4.78 is 0. The third kappa shape index (κ3) is 1.70. The number of benzene rings is 1. The van der Waals surface area contributed by atoms with Gasteiger partial charge < -0.3 is 10.9 Å². The lowest BCUT2D eigenvalue weighted by atomic mass is 10.0. The van der Waals surface area contributed by atoms with Crippen molar-refractivity contribution in [1.29, 1.82) is 0 Å². The number of aliphatic imine (C=N–C) groups is 1.